The molecule has 1 atom stereocenters. The number of aliphatic hydroxyl groups is 1. The van der Waals surface area contributed by atoms with E-state index >= 15 is 0 Å². The fourth-order valence-corrected chi connectivity index (χ4v) is 3.90. The van der Waals surface area contributed by atoms with Gasteiger partial charge in [-0.25, -0.2) is 14.8 Å². The molecule has 0 fully saturated rings. The number of primary amides is 1. The van der Waals surface area contributed by atoms with Gasteiger partial charge in [0.1, 0.15) is 12.4 Å². The first-order chi connectivity index (χ1) is 16.0. The smallest absolute Gasteiger partial charge is 0.459 e. The normalized spacial score (nSPS) is 12.6. The van der Waals surface area contributed by atoms with Crippen molar-refractivity contribution in [1.29, 1.82) is 0 Å². The zero-order valence-electron chi connectivity index (χ0n) is 17.3. The van der Waals surface area contributed by atoms with Crippen molar-refractivity contribution in [3.8, 4) is 5.75 Å². The van der Waals surface area contributed by atoms with Crippen LogP contribution in [0.4, 0.5) is 24.3 Å². The fraction of sp³-hybridized carbons (Fsp3) is 0.200. The minimum Gasteiger partial charge on any atom is -0.459 e. The van der Waals surface area contributed by atoms with E-state index in [2.05, 4.69) is 20.0 Å². The summed E-state index contributed by atoms with van der Waals surface area (Å²) in [6.07, 6.45) is -6.40. The molecule has 34 heavy (non-hydrogen) atoms. The second kappa shape index (κ2) is 8.79. The number of thiazole rings is 1. The molecule has 0 unspecified atom stereocenters. The fourth-order valence-electron chi connectivity index (χ4n) is 3.01. The van der Waals surface area contributed by atoms with Crippen LogP contribution in [0.2, 0.25) is 0 Å². The van der Waals surface area contributed by atoms with Gasteiger partial charge in [0.2, 0.25) is 11.9 Å². The molecule has 0 bridgehead atoms. The van der Waals surface area contributed by atoms with E-state index in [0.29, 0.717) is 32.3 Å². The number of fused-ring (bicyclic) bond motifs is 2. The van der Waals surface area contributed by atoms with Gasteiger partial charge in [-0.1, -0.05) is 11.3 Å². The number of nitrogens with zero attached hydrogens (tertiary/aromatic N) is 3. The molecule has 0 radical (unpaired) electrons. The van der Waals surface area contributed by atoms with Crippen molar-refractivity contribution in [3.63, 3.8) is 0 Å². The van der Waals surface area contributed by atoms with Gasteiger partial charge in [0.25, 0.3) is 0 Å². The number of aliphatic hydroxyl groups excluding tert-OH is 1. The minimum absolute atomic E-state index is 0.144. The number of amides is 1. The maximum atomic E-state index is 12.5. The van der Waals surface area contributed by atoms with Crippen molar-refractivity contribution in [3.05, 3.63) is 42.0 Å². The number of ether oxygens (including phenoxy) is 2. The van der Waals surface area contributed by atoms with E-state index in [0.717, 1.165) is 11.3 Å². The van der Waals surface area contributed by atoms with E-state index in [-0.39, 0.29) is 11.3 Å². The number of carbonyl (C=O) groups excluding carboxylic acids is 2. The first-order valence-corrected chi connectivity index (χ1v) is 10.4. The zero-order valence-corrected chi connectivity index (χ0v) is 18.1. The molecule has 10 nitrogen and oxygen atoms in total. The van der Waals surface area contributed by atoms with Crippen LogP contribution in [0.1, 0.15) is 10.4 Å². The van der Waals surface area contributed by atoms with Crippen LogP contribution in [-0.2, 0) is 16.6 Å². The number of alkyl halides is 3. The predicted octanol–water partition coefficient (Wildman–Crippen LogP) is 2.83. The molecule has 2 aromatic heterocycles. The molecule has 4 aromatic rings. The molecule has 2 aromatic carbocycles. The number of aromatic nitrogens is 3. The Morgan fingerprint density at radius 2 is 1.97 bits per heavy atom. The SMILES string of the molecule is Cn1c(Nc2nc3ccc(OC(F)(F)F)cc3s2)nc2cc(C(=O)OC[C@@H](O)C(N)=O)ccc21. The monoisotopic (exact) mass is 495 g/mol. The Labute approximate surface area is 192 Å². The van der Waals surface area contributed by atoms with Gasteiger partial charge in [0, 0.05) is 13.1 Å². The highest BCUT2D eigenvalue weighted by atomic mass is 32.1. The number of nitrogens with one attached hydrogen (secondary N) is 1. The van der Waals surface area contributed by atoms with Gasteiger partial charge in [0.15, 0.2) is 11.2 Å². The molecule has 4 N–H and O–H groups in total. The van der Waals surface area contributed by atoms with Crippen molar-refractivity contribution in [2.75, 3.05) is 11.9 Å². The molecule has 2 heterocycles. The number of halogens is 3. The maximum absolute atomic E-state index is 12.5. The lowest BCUT2D eigenvalue weighted by Crippen LogP contribution is -2.33. The van der Waals surface area contributed by atoms with E-state index in [1.807, 2.05) is 0 Å². The summed E-state index contributed by atoms with van der Waals surface area (Å²) in [5.41, 5.74) is 6.65. The van der Waals surface area contributed by atoms with Gasteiger partial charge in [-0.05, 0) is 30.3 Å². The summed E-state index contributed by atoms with van der Waals surface area (Å²) in [6.45, 7) is -0.575. The van der Waals surface area contributed by atoms with Crippen LogP contribution in [0, 0.1) is 0 Å². The highest BCUT2D eigenvalue weighted by molar-refractivity contribution is 7.22. The summed E-state index contributed by atoms with van der Waals surface area (Å²) >= 11 is 1.11. The van der Waals surface area contributed by atoms with Gasteiger partial charge in [-0.2, -0.15) is 0 Å². The molecule has 0 saturated heterocycles. The Morgan fingerprint density at radius 1 is 1.21 bits per heavy atom. The largest absolute Gasteiger partial charge is 0.573 e. The Balaban J connectivity index is 1.54. The minimum atomic E-state index is -4.79. The van der Waals surface area contributed by atoms with E-state index in [1.54, 1.807) is 17.7 Å². The van der Waals surface area contributed by atoms with E-state index in [1.165, 1.54) is 30.3 Å². The summed E-state index contributed by atoms with van der Waals surface area (Å²) in [5, 5.41) is 12.8. The lowest BCUT2D eigenvalue weighted by atomic mass is 10.2. The van der Waals surface area contributed by atoms with Gasteiger partial charge < -0.3 is 30.2 Å². The number of imidazole rings is 1. The molecular weight excluding hydrogens is 479 g/mol. The number of hydrogen-bond donors (Lipinski definition) is 3. The van der Waals surface area contributed by atoms with E-state index in [9.17, 15) is 27.9 Å². The van der Waals surface area contributed by atoms with Crippen molar-refractivity contribution >= 4 is 55.5 Å². The second-order valence-electron chi connectivity index (χ2n) is 7.04. The highest BCUT2D eigenvalue weighted by Crippen LogP contribution is 2.33. The van der Waals surface area contributed by atoms with Gasteiger partial charge in [-0.3, -0.25) is 4.79 Å². The molecule has 0 aliphatic heterocycles. The number of rotatable bonds is 7. The van der Waals surface area contributed by atoms with Crippen LogP contribution in [0.3, 0.4) is 0 Å². The lowest BCUT2D eigenvalue weighted by molar-refractivity contribution is -0.274. The van der Waals surface area contributed by atoms with Crippen LogP contribution in [0.25, 0.3) is 21.3 Å². The number of nitrogens with two attached hydrogens (primary N) is 1. The van der Waals surface area contributed by atoms with Gasteiger partial charge >= 0.3 is 12.3 Å². The molecule has 14 heteroatoms. The van der Waals surface area contributed by atoms with Crippen molar-refractivity contribution in [2.45, 2.75) is 12.5 Å². The Morgan fingerprint density at radius 3 is 2.68 bits per heavy atom. The summed E-state index contributed by atoms with van der Waals surface area (Å²) in [6, 6.07) is 8.43. The summed E-state index contributed by atoms with van der Waals surface area (Å²) in [4.78, 5) is 31.8. The second-order valence-corrected chi connectivity index (χ2v) is 8.07. The maximum Gasteiger partial charge on any atom is 0.573 e. The molecule has 0 aliphatic carbocycles. The Kier molecular flexibility index (Phi) is 6.01. The highest BCUT2D eigenvalue weighted by Gasteiger charge is 2.31. The molecular formula is C20H16F3N5O5S. The van der Waals surface area contributed by atoms with Crippen LogP contribution >= 0.6 is 11.3 Å². The molecule has 1 amide bonds. The number of anilines is 2. The lowest BCUT2D eigenvalue weighted by Gasteiger charge is -2.08. The van der Waals surface area contributed by atoms with Gasteiger partial charge in [-0.15, -0.1) is 13.2 Å². The third-order valence-corrected chi connectivity index (χ3v) is 5.56. The molecule has 178 valence electrons. The summed E-state index contributed by atoms with van der Waals surface area (Å²) < 4.78 is 48.3. The Bertz CT molecular complexity index is 1400. The third-order valence-electron chi connectivity index (χ3n) is 4.63. The first-order valence-electron chi connectivity index (χ1n) is 9.54. The Hall–Kier alpha value is -3.91. The molecule has 4 rings (SSSR count). The summed E-state index contributed by atoms with van der Waals surface area (Å²) in [7, 11) is 1.72. The third kappa shape index (κ3) is 5.02. The van der Waals surface area contributed by atoms with Crippen molar-refractivity contribution in [2.24, 2.45) is 12.8 Å². The van der Waals surface area contributed by atoms with Crippen LogP contribution in [-0.4, -0.2) is 50.6 Å². The number of aryl methyl sites for hydroxylation is 1. The molecule has 0 aliphatic rings. The zero-order chi connectivity index (χ0) is 24.6. The number of benzene rings is 2. The number of carbonyl (C=O) groups is 2. The van der Waals surface area contributed by atoms with E-state index < -0.39 is 30.9 Å². The average molecular weight is 495 g/mol. The van der Waals surface area contributed by atoms with Crippen LogP contribution in [0.15, 0.2) is 36.4 Å². The van der Waals surface area contributed by atoms with Gasteiger partial charge in [0.05, 0.1) is 26.8 Å². The summed E-state index contributed by atoms with van der Waals surface area (Å²) in [5.74, 6) is -1.76. The predicted molar refractivity (Wildman–Crippen MR) is 116 cm³/mol. The first kappa shape index (κ1) is 23.3. The van der Waals surface area contributed by atoms with E-state index in [4.69, 9.17) is 10.5 Å². The number of esters is 1. The van der Waals surface area contributed by atoms with Crippen molar-refractivity contribution < 1.29 is 37.3 Å². The standard InChI is InChI=1S/C20H16F3N5O5S/c1-28-13-5-2-9(17(31)32-8-14(29)16(24)30)6-12(13)25-18(28)27-19-26-11-4-3-10(7-15(11)34-19)33-20(21,22)23/h2-7,14,29H,8H2,1H3,(H2,24,30)(H,25,26,27)/t14-/m1/s1. The van der Waals surface area contributed by atoms with Crippen LogP contribution in [0.5, 0.6) is 5.75 Å². The van der Waals surface area contributed by atoms with Crippen molar-refractivity contribution in [1.82, 2.24) is 14.5 Å². The topological polar surface area (TPSA) is 142 Å². The molecule has 0 spiro atoms. The number of hydrogen-bond acceptors (Lipinski definition) is 9. The quantitative estimate of drug-likeness (QED) is 0.333. The average Bonchev–Trinajstić information content (AvgIpc) is 3.30. The van der Waals surface area contributed by atoms with Crippen LogP contribution < -0.4 is 15.8 Å². The molecule has 0 saturated carbocycles.